The zero-order valence-corrected chi connectivity index (χ0v) is 19.7. The van der Waals surface area contributed by atoms with E-state index in [1.807, 2.05) is 24.3 Å². The van der Waals surface area contributed by atoms with Gasteiger partial charge in [0.1, 0.15) is 5.75 Å². The molecule has 0 amide bonds. The van der Waals surface area contributed by atoms with Crippen molar-refractivity contribution in [2.45, 2.75) is 85.0 Å². The van der Waals surface area contributed by atoms with Gasteiger partial charge in [-0.15, -0.1) is 0 Å². The van der Waals surface area contributed by atoms with Crippen molar-refractivity contribution in [3.63, 3.8) is 0 Å². The van der Waals surface area contributed by atoms with E-state index in [-0.39, 0.29) is 0 Å². The van der Waals surface area contributed by atoms with E-state index in [1.54, 1.807) is 6.07 Å². The molecule has 2 rings (SSSR count). The van der Waals surface area contributed by atoms with E-state index in [9.17, 15) is 9.90 Å². The van der Waals surface area contributed by atoms with Crippen molar-refractivity contribution in [2.24, 2.45) is 5.92 Å². The molecule has 3 heteroatoms. The Morgan fingerprint density at radius 2 is 1.55 bits per heavy atom. The average Bonchev–Trinajstić information content (AvgIpc) is 2.78. The Morgan fingerprint density at radius 1 is 0.903 bits per heavy atom. The molecule has 0 radical (unpaired) electrons. The smallest absolute Gasteiger partial charge is 0.335 e. The normalized spacial score (nSPS) is 12.0. The second-order valence-electron chi connectivity index (χ2n) is 8.74. The highest BCUT2D eigenvalue weighted by Gasteiger charge is 2.12. The summed E-state index contributed by atoms with van der Waals surface area (Å²) in [7, 11) is 0. The highest BCUT2D eigenvalue weighted by Crippen LogP contribution is 2.29. The summed E-state index contributed by atoms with van der Waals surface area (Å²) < 4.78 is 5.93. The molecule has 1 N–H and O–H groups in total. The molecule has 1 atom stereocenters. The second-order valence-corrected chi connectivity index (χ2v) is 8.74. The molecule has 0 spiro atoms. The zero-order chi connectivity index (χ0) is 22.5. The van der Waals surface area contributed by atoms with Gasteiger partial charge in [0.2, 0.25) is 0 Å². The van der Waals surface area contributed by atoms with Crippen LogP contribution >= 0.6 is 0 Å². The largest absolute Gasteiger partial charge is 0.494 e. The van der Waals surface area contributed by atoms with Gasteiger partial charge < -0.3 is 9.84 Å². The topological polar surface area (TPSA) is 46.5 Å². The Morgan fingerprint density at radius 3 is 2.16 bits per heavy atom. The van der Waals surface area contributed by atoms with Crippen LogP contribution in [0.2, 0.25) is 0 Å². The van der Waals surface area contributed by atoms with Gasteiger partial charge in [0.15, 0.2) is 0 Å². The van der Waals surface area contributed by atoms with Gasteiger partial charge in [0, 0.05) is 0 Å². The highest BCUT2D eigenvalue weighted by atomic mass is 16.5. The molecular formula is C28H40O3. The third kappa shape index (κ3) is 8.77. The number of carboxylic acid groups (broad SMARTS) is 1. The molecule has 0 aliphatic carbocycles. The number of carbonyl (C=O) groups is 1. The molecule has 0 unspecified atom stereocenters. The van der Waals surface area contributed by atoms with Gasteiger partial charge in [-0.25, -0.2) is 4.79 Å². The first-order chi connectivity index (χ1) is 15.0. The Hall–Kier alpha value is -2.29. The summed E-state index contributed by atoms with van der Waals surface area (Å²) in [5, 5.41) is 9.37. The van der Waals surface area contributed by atoms with Gasteiger partial charge >= 0.3 is 5.97 Å². The van der Waals surface area contributed by atoms with Crippen molar-refractivity contribution < 1.29 is 14.6 Å². The Labute approximate surface area is 188 Å². The van der Waals surface area contributed by atoms with E-state index in [0.29, 0.717) is 11.5 Å². The molecule has 0 saturated heterocycles. The number of aromatic carboxylic acids is 1. The van der Waals surface area contributed by atoms with E-state index in [1.165, 1.54) is 44.9 Å². The molecule has 0 fully saturated rings. The van der Waals surface area contributed by atoms with Gasteiger partial charge in [-0.3, -0.25) is 0 Å². The lowest BCUT2D eigenvalue weighted by Crippen LogP contribution is -2.04. The summed E-state index contributed by atoms with van der Waals surface area (Å²) >= 11 is 0. The quantitative estimate of drug-likeness (QED) is 0.293. The van der Waals surface area contributed by atoms with Crippen LogP contribution in [0.15, 0.2) is 42.5 Å². The first kappa shape index (κ1) is 25.0. The van der Waals surface area contributed by atoms with Crippen molar-refractivity contribution in [1.82, 2.24) is 0 Å². The van der Waals surface area contributed by atoms with Gasteiger partial charge in [0.25, 0.3) is 0 Å². The predicted octanol–water partition coefficient (Wildman–Crippen LogP) is 8.16. The van der Waals surface area contributed by atoms with Crippen LogP contribution in [0, 0.1) is 5.92 Å². The van der Waals surface area contributed by atoms with Crippen LogP contribution in [0.3, 0.4) is 0 Å². The number of rotatable bonds is 15. The zero-order valence-electron chi connectivity index (χ0n) is 19.7. The highest BCUT2D eigenvalue weighted by molar-refractivity contribution is 5.89. The van der Waals surface area contributed by atoms with Crippen LogP contribution < -0.4 is 4.74 Å². The Balaban J connectivity index is 1.90. The van der Waals surface area contributed by atoms with Gasteiger partial charge in [-0.05, 0) is 59.7 Å². The summed E-state index contributed by atoms with van der Waals surface area (Å²) in [6, 6.07) is 13.7. The number of hydrogen-bond donors (Lipinski definition) is 1. The molecule has 0 saturated carbocycles. The van der Waals surface area contributed by atoms with Crippen molar-refractivity contribution in [3.8, 4) is 16.9 Å². The molecule has 2 aromatic rings. The van der Waals surface area contributed by atoms with Gasteiger partial charge in [-0.1, -0.05) is 90.3 Å². The molecule has 0 aliphatic heterocycles. The first-order valence-corrected chi connectivity index (χ1v) is 12.1. The first-order valence-electron chi connectivity index (χ1n) is 12.1. The Kier molecular flexibility index (Phi) is 11.2. The SMILES string of the molecule is CCCCCCCCCCOc1ccc(-c2ccc(C(=O)O)cc2C[C@@H](C)CC)cc1. The van der Waals surface area contributed by atoms with E-state index in [2.05, 4.69) is 32.9 Å². The van der Waals surface area contributed by atoms with E-state index >= 15 is 0 Å². The van der Waals surface area contributed by atoms with Crippen LogP contribution in [-0.2, 0) is 6.42 Å². The maximum Gasteiger partial charge on any atom is 0.335 e. The maximum atomic E-state index is 11.4. The number of hydrogen-bond acceptors (Lipinski definition) is 2. The molecule has 0 heterocycles. The van der Waals surface area contributed by atoms with E-state index < -0.39 is 5.97 Å². The molecule has 0 bridgehead atoms. The fraction of sp³-hybridized carbons (Fsp3) is 0.536. The summed E-state index contributed by atoms with van der Waals surface area (Å²) in [5.41, 5.74) is 3.67. The van der Waals surface area contributed by atoms with Gasteiger partial charge in [-0.2, -0.15) is 0 Å². The minimum absolute atomic E-state index is 0.354. The predicted molar refractivity (Wildman–Crippen MR) is 130 cm³/mol. The molecule has 3 nitrogen and oxygen atoms in total. The van der Waals surface area contributed by atoms with Crippen molar-refractivity contribution >= 4 is 5.97 Å². The number of ether oxygens (including phenoxy) is 1. The van der Waals surface area contributed by atoms with Crippen LogP contribution in [0.25, 0.3) is 11.1 Å². The van der Waals surface area contributed by atoms with Crippen molar-refractivity contribution in [1.29, 1.82) is 0 Å². The number of benzene rings is 2. The number of unbranched alkanes of at least 4 members (excludes halogenated alkanes) is 7. The lowest BCUT2D eigenvalue weighted by atomic mass is 9.90. The summed E-state index contributed by atoms with van der Waals surface area (Å²) in [6.07, 6.45) is 12.3. The summed E-state index contributed by atoms with van der Waals surface area (Å²) in [4.78, 5) is 11.4. The van der Waals surface area contributed by atoms with Crippen molar-refractivity contribution in [3.05, 3.63) is 53.6 Å². The van der Waals surface area contributed by atoms with Crippen LogP contribution in [0.5, 0.6) is 5.75 Å². The lowest BCUT2D eigenvalue weighted by molar-refractivity contribution is 0.0696. The third-order valence-electron chi connectivity index (χ3n) is 6.05. The molecule has 2 aromatic carbocycles. The lowest BCUT2D eigenvalue weighted by Gasteiger charge is -2.15. The molecular weight excluding hydrogens is 384 g/mol. The van der Waals surface area contributed by atoms with Crippen LogP contribution in [0.4, 0.5) is 0 Å². The van der Waals surface area contributed by atoms with E-state index in [0.717, 1.165) is 48.3 Å². The van der Waals surface area contributed by atoms with Crippen LogP contribution in [-0.4, -0.2) is 17.7 Å². The maximum absolute atomic E-state index is 11.4. The third-order valence-corrected chi connectivity index (χ3v) is 6.05. The molecule has 170 valence electrons. The minimum atomic E-state index is -0.873. The minimum Gasteiger partial charge on any atom is -0.494 e. The fourth-order valence-electron chi connectivity index (χ4n) is 3.85. The second kappa shape index (κ2) is 13.9. The fourth-order valence-corrected chi connectivity index (χ4v) is 3.85. The summed E-state index contributed by atoms with van der Waals surface area (Å²) in [5.74, 6) is 0.538. The monoisotopic (exact) mass is 424 g/mol. The summed E-state index contributed by atoms with van der Waals surface area (Å²) in [6.45, 7) is 7.40. The van der Waals surface area contributed by atoms with E-state index in [4.69, 9.17) is 4.74 Å². The standard InChI is InChI=1S/C28H40O3/c1-4-6-7-8-9-10-11-12-19-31-26-16-13-23(14-17-26)27-18-15-24(28(29)30)21-25(27)20-22(3)5-2/h13-18,21-22H,4-12,19-20H2,1-3H3,(H,29,30)/t22-/m0/s1. The average molecular weight is 425 g/mol. The number of carboxylic acids is 1. The Bertz CT molecular complexity index is 779. The van der Waals surface area contributed by atoms with Crippen molar-refractivity contribution in [2.75, 3.05) is 6.61 Å². The van der Waals surface area contributed by atoms with Crippen LogP contribution in [0.1, 0.15) is 94.5 Å². The molecule has 31 heavy (non-hydrogen) atoms. The molecule has 0 aromatic heterocycles. The van der Waals surface area contributed by atoms with Gasteiger partial charge in [0.05, 0.1) is 12.2 Å². The molecule has 0 aliphatic rings.